The summed E-state index contributed by atoms with van der Waals surface area (Å²) in [6.45, 7) is 4.88. The van der Waals surface area contributed by atoms with Gasteiger partial charge in [-0.15, -0.1) is 23.1 Å². The Morgan fingerprint density at radius 1 is 1.13 bits per heavy atom. The quantitative estimate of drug-likeness (QED) is 0.451. The average molecular weight is 560 g/mol. The van der Waals surface area contributed by atoms with Crippen molar-refractivity contribution in [3.05, 3.63) is 41.3 Å². The Hall–Kier alpha value is -1.95. The fraction of sp³-hybridized carbons (Fsp3) is 0.571. The first-order chi connectivity index (χ1) is 18.5. The summed E-state index contributed by atoms with van der Waals surface area (Å²) in [5, 5.41) is 3.82. The Labute approximate surface area is 232 Å². The second-order valence-electron chi connectivity index (χ2n) is 10.0. The zero-order valence-electron chi connectivity index (χ0n) is 22.0. The van der Waals surface area contributed by atoms with Gasteiger partial charge < -0.3 is 9.47 Å². The topological polar surface area (TPSA) is 80.3 Å². The fourth-order valence-electron chi connectivity index (χ4n) is 5.33. The molecule has 5 rings (SSSR count). The van der Waals surface area contributed by atoms with Gasteiger partial charge in [-0.05, 0) is 61.3 Å². The van der Waals surface area contributed by atoms with Gasteiger partial charge in [0.05, 0.1) is 23.6 Å². The number of anilines is 1. The molecule has 3 fully saturated rings. The SMILES string of the molecule is CC(=O)N(c1cccc(-c2ccc([C@@]3(CC(=O)NOC4CCCCO4)CCCCS3)s2)c1)N1CCOCC1. The third kappa shape index (κ3) is 6.60. The zero-order valence-corrected chi connectivity index (χ0v) is 23.6. The second kappa shape index (κ2) is 12.9. The molecule has 1 unspecified atom stereocenters. The number of hydrazine groups is 1. The molecule has 1 aromatic carbocycles. The minimum Gasteiger partial charge on any atom is -0.379 e. The van der Waals surface area contributed by atoms with Crippen molar-refractivity contribution >= 4 is 40.6 Å². The summed E-state index contributed by atoms with van der Waals surface area (Å²) in [6.07, 6.45) is 6.15. The molecule has 0 spiro atoms. The number of hydrogen-bond acceptors (Lipinski definition) is 8. The van der Waals surface area contributed by atoms with Crippen molar-refractivity contribution in [3.63, 3.8) is 0 Å². The normalized spacial score (nSPS) is 24.6. The third-order valence-electron chi connectivity index (χ3n) is 7.24. The predicted octanol–water partition coefficient (Wildman–Crippen LogP) is 5.09. The Bertz CT molecular complexity index is 1090. The highest BCUT2D eigenvalue weighted by atomic mass is 32.2. The van der Waals surface area contributed by atoms with Crippen molar-refractivity contribution in [1.29, 1.82) is 0 Å². The van der Waals surface area contributed by atoms with E-state index in [2.05, 4.69) is 34.8 Å². The van der Waals surface area contributed by atoms with Crippen LogP contribution in [0, 0.1) is 0 Å². The predicted molar refractivity (Wildman–Crippen MR) is 151 cm³/mol. The van der Waals surface area contributed by atoms with Crippen LogP contribution in [0.2, 0.25) is 0 Å². The number of hydrogen-bond donors (Lipinski definition) is 1. The molecule has 0 aliphatic carbocycles. The number of carbonyl (C=O) groups excluding carboxylic acids is 2. The molecule has 0 bridgehead atoms. The van der Waals surface area contributed by atoms with Gasteiger partial charge in [0.15, 0.2) is 6.29 Å². The van der Waals surface area contributed by atoms with Crippen LogP contribution >= 0.6 is 23.1 Å². The molecule has 3 saturated heterocycles. The number of benzene rings is 1. The van der Waals surface area contributed by atoms with Crippen molar-refractivity contribution in [2.45, 2.75) is 62.9 Å². The largest absolute Gasteiger partial charge is 0.379 e. The molecule has 1 N–H and O–H groups in total. The van der Waals surface area contributed by atoms with Gasteiger partial charge in [0.2, 0.25) is 11.8 Å². The van der Waals surface area contributed by atoms with Gasteiger partial charge in [0.1, 0.15) is 0 Å². The van der Waals surface area contributed by atoms with Gasteiger partial charge in [-0.2, -0.15) is 0 Å². The molecule has 2 atom stereocenters. The summed E-state index contributed by atoms with van der Waals surface area (Å²) >= 11 is 3.62. The maximum atomic E-state index is 13.0. The molecule has 206 valence electrons. The molecule has 2 amide bonds. The Morgan fingerprint density at radius 2 is 2.00 bits per heavy atom. The summed E-state index contributed by atoms with van der Waals surface area (Å²) in [6, 6.07) is 12.5. The van der Waals surface area contributed by atoms with Crippen LogP contribution in [0.25, 0.3) is 10.4 Å². The minimum atomic E-state index is -0.352. The van der Waals surface area contributed by atoms with Gasteiger partial charge in [-0.1, -0.05) is 18.6 Å². The lowest BCUT2D eigenvalue weighted by molar-refractivity contribution is -0.200. The first-order valence-electron chi connectivity index (χ1n) is 13.6. The maximum absolute atomic E-state index is 13.0. The molecule has 38 heavy (non-hydrogen) atoms. The number of ether oxygens (including phenoxy) is 2. The number of nitrogens with one attached hydrogen (secondary N) is 1. The second-order valence-corrected chi connectivity index (χ2v) is 12.6. The van der Waals surface area contributed by atoms with E-state index >= 15 is 0 Å². The number of nitrogens with zero attached hydrogens (tertiary/aromatic N) is 2. The number of hydroxylamine groups is 1. The average Bonchev–Trinajstić information content (AvgIpc) is 3.45. The molecule has 3 aliphatic heterocycles. The summed E-state index contributed by atoms with van der Waals surface area (Å²) in [7, 11) is 0. The number of amides is 2. The van der Waals surface area contributed by atoms with E-state index in [1.54, 1.807) is 23.3 Å². The van der Waals surface area contributed by atoms with E-state index in [1.165, 1.54) is 11.3 Å². The van der Waals surface area contributed by atoms with Crippen molar-refractivity contribution in [2.24, 2.45) is 0 Å². The van der Waals surface area contributed by atoms with Crippen LogP contribution in [0.3, 0.4) is 0 Å². The van der Waals surface area contributed by atoms with Crippen LogP contribution in [0.4, 0.5) is 5.69 Å². The van der Waals surface area contributed by atoms with Crippen molar-refractivity contribution in [3.8, 4) is 10.4 Å². The molecular weight excluding hydrogens is 522 g/mol. The molecule has 0 radical (unpaired) electrons. The first-order valence-corrected chi connectivity index (χ1v) is 15.4. The van der Waals surface area contributed by atoms with Crippen LogP contribution in [-0.2, 0) is 28.6 Å². The van der Waals surface area contributed by atoms with Gasteiger partial charge in [0, 0.05) is 49.2 Å². The van der Waals surface area contributed by atoms with Crippen LogP contribution < -0.4 is 10.5 Å². The van der Waals surface area contributed by atoms with Crippen LogP contribution in [0.1, 0.15) is 56.7 Å². The highest BCUT2D eigenvalue weighted by Crippen LogP contribution is 2.51. The molecule has 0 saturated carbocycles. The molecule has 1 aromatic heterocycles. The van der Waals surface area contributed by atoms with Crippen LogP contribution in [0.5, 0.6) is 0 Å². The number of rotatable bonds is 8. The van der Waals surface area contributed by atoms with Gasteiger partial charge in [-0.25, -0.2) is 20.3 Å². The number of thioether (sulfide) groups is 1. The maximum Gasteiger partial charge on any atom is 0.245 e. The van der Waals surface area contributed by atoms with Crippen LogP contribution in [0.15, 0.2) is 36.4 Å². The van der Waals surface area contributed by atoms with E-state index in [4.69, 9.17) is 14.3 Å². The van der Waals surface area contributed by atoms with E-state index in [0.717, 1.165) is 54.0 Å². The molecule has 4 heterocycles. The molecule has 3 aliphatic rings. The standard InChI is InChI=1S/C28H37N3O5S2/c1-21(32)31(30-13-16-34-17-14-30)23-8-6-7-22(19-23)24-10-11-25(38-24)28(12-3-5-18-37-28)20-26(33)29-36-27-9-2-4-15-35-27/h6-8,10-11,19,27H,2-5,9,12-18,20H2,1H3,(H,29,33)/t27?,28-/m0/s1. The third-order valence-corrected chi connectivity index (χ3v) is 10.3. The van der Waals surface area contributed by atoms with Crippen molar-refractivity contribution in [1.82, 2.24) is 10.5 Å². The van der Waals surface area contributed by atoms with Crippen molar-refractivity contribution < 1.29 is 23.9 Å². The van der Waals surface area contributed by atoms with E-state index in [0.29, 0.717) is 39.3 Å². The Morgan fingerprint density at radius 3 is 2.74 bits per heavy atom. The molecule has 8 nitrogen and oxygen atoms in total. The van der Waals surface area contributed by atoms with E-state index in [9.17, 15) is 9.59 Å². The van der Waals surface area contributed by atoms with E-state index in [-0.39, 0.29) is 22.9 Å². The van der Waals surface area contributed by atoms with Gasteiger partial charge in [-0.3, -0.25) is 9.59 Å². The fourth-order valence-corrected chi connectivity index (χ4v) is 8.22. The highest BCUT2D eigenvalue weighted by Gasteiger charge is 2.38. The zero-order chi connectivity index (χ0) is 26.4. The van der Waals surface area contributed by atoms with Gasteiger partial charge in [0.25, 0.3) is 0 Å². The lowest BCUT2D eigenvalue weighted by Gasteiger charge is -2.36. The van der Waals surface area contributed by atoms with Crippen LogP contribution in [-0.4, -0.2) is 61.8 Å². The lowest BCUT2D eigenvalue weighted by Crippen LogP contribution is -2.51. The number of morpholine rings is 1. The minimum absolute atomic E-state index is 0.0136. The Balaban J connectivity index is 1.33. The number of thiophene rings is 1. The molecule has 10 heteroatoms. The number of carbonyl (C=O) groups is 2. The summed E-state index contributed by atoms with van der Waals surface area (Å²) in [5.41, 5.74) is 4.59. The smallest absolute Gasteiger partial charge is 0.245 e. The van der Waals surface area contributed by atoms with E-state index in [1.807, 2.05) is 23.9 Å². The highest BCUT2D eigenvalue weighted by molar-refractivity contribution is 8.00. The van der Waals surface area contributed by atoms with Gasteiger partial charge >= 0.3 is 0 Å². The van der Waals surface area contributed by atoms with E-state index < -0.39 is 0 Å². The summed E-state index contributed by atoms with van der Waals surface area (Å²) < 4.78 is 10.8. The lowest BCUT2D eigenvalue weighted by atomic mass is 9.94. The monoisotopic (exact) mass is 559 g/mol. The first kappa shape index (κ1) is 27.6. The summed E-state index contributed by atoms with van der Waals surface area (Å²) in [4.78, 5) is 33.5. The summed E-state index contributed by atoms with van der Waals surface area (Å²) in [5.74, 6) is 0.920. The Kier molecular flexibility index (Phi) is 9.40. The van der Waals surface area contributed by atoms with Crippen molar-refractivity contribution in [2.75, 3.05) is 43.7 Å². The molecule has 2 aromatic rings. The molecular formula is C28H37N3O5S2.